The lowest BCUT2D eigenvalue weighted by Gasteiger charge is -2.02. The number of nitrogens with zero attached hydrogens (tertiary/aromatic N) is 1. The van der Waals surface area contributed by atoms with Gasteiger partial charge in [0, 0.05) is 5.92 Å². The van der Waals surface area contributed by atoms with E-state index < -0.39 is 0 Å². The van der Waals surface area contributed by atoms with E-state index in [1.165, 1.54) is 11.3 Å². The van der Waals surface area contributed by atoms with E-state index in [4.69, 9.17) is 5.73 Å². The molecular formula is C10H10N2OS. The van der Waals surface area contributed by atoms with E-state index in [-0.39, 0.29) is 5.92 Å². The molecule has 0 amide bonds. The molecule has 1 aromatic carbocycles. The van der Waals surface area contributed by atoms with Crippen LogP contribution in [0.5, 0.6) is 0 Å². The zero-order valence-electron chi connectivity index (χ0n) is 7.73. The number of benzene rings is 1. The molecule has 1 atom stereocenters. The van der Waals surface area contributed by atoms with Crippen molar-refractivity contribution >= 4 is 33.0 Å². The van der Waals surface area contributed by atoms with Gasteiger partial charge >= 0.3 is 0 Å². The molecule has 0 fully saturated rings. The second-order valence-corrected chi connectivity index (χ2v) is 4.27. The maximum Gasteiger partial charge on any atom is 0.181 e. The lowest BCUT2D eigenvalue weighted by molar-refractivity contribution is -0.108. The normalized spacial score (nSPS) is 12.9. The maximum atomic E-state index is 10.6. The highest BCUT2D eigenvalue weighted by Gasteiger charge is 2.06. The third kappa shape index (κ3) is 1.48. The zero-order chi connectivity index (χ0) is 10.1. The summed E-state index contributed by atoms with van der Waals surface area (Å²) in [5.74, 6) is -0.0669. The van der Waals surface area contributed by atoms with Crippen LogP contribution in [0.2, 0.25) is 0 Å². The lowest BCUT2D eigenvalue weighted by Crippen LogP contribution is -1.92. The molecule has 0 aliphatic heterocycles. The molecule has 2 rings (SSSR count). The fourth-order valence-corrected chi connectivity index (χ4v) is 2.10. The van der Waals surface area contributed by atoms with Gasteiger partial charge in [0.2, 0.25) is 0 Å². The minimum Gasteiger partial charge on any atom is -0.375 e. The van der Waals surface area contributed by atoms with Crippen LogP contribution in [0.1, 0.15) is 18.4 Å². The van der Waals surface area contributed by atoms with Crippen molar-refractivity contribution in [3.63, 3.8) is 0 Å². The quantitative estimate of drug-likeness (QED) is 0.766. The molecule has 2 aromatic rings. The largest absolute Gasteiger partial charge is 0.375 e. The Hall–Kier alpha value is -1.42. The molecule has 1 aromatic heterocycles. The summed E-state index contributed by atoms with van der Waals surface area (Å²) in [6, 6.07) is 5.79. The molecule has 1 unspecified atom stereocenters. The summed E-state index contributed by atoms with van der Waals surface area (Å²) in [5, 5.41) is 0.566. The Balaban J connectivity index is 2.55. The molecule has 0 aliphatic carbocycles. The minimum atomic E-state index is -0.0669. The Bertz CT molecular complexity index is 478. The van der Waals surface area contributed by atoms with E-state index in [2.05, 4.69) is 4.98 Å². The number of aromatic nitrogens is 1. The predicted octanol–water partition coefficient (Wildman–Crippen LogP) is 2.18. The van der Waals surface area contributed by atoms with Crippen molar-refractivity contribution in [2.24, 2.45) is 0 Å². The van der Waals surface area contributed by atoms with Crippen LogP contribution in [-0.4, -0.2) is 11.3 Å². The van der Waals surface area contributed by atoms with Gasteiger partial charge in [-0.05, 0) is 17.7 Å². The Morgan fingerprint density at radius 3 is 3.07 bits per heavy atom. The summed E-state index contributed by atoms with van der Waals surface area (Å²) in [6.07, 6.45) is 0.936. The van der Waals surface area contributed by atoms with E-state index in [1.807, 2.05) is 25.1 Å². The molecule has 0 saturated carbocycles. The van der Waals surface area contributed by atoms with Crippen LogP contribution in [0.15, 0.2) is 18.2 Å². The number of hydrogen-bond donors (Lipinski definition) is 1. The summed E-state index contributed by atoms with van der Waals surface area (Å²) < 4.78 is 1.04. The fourth-order valence-electron chi connectivity index (χ4n) is 1.32. The molecule has 14 heavy (non-hydrogen) atoms. The zero-order valence-corrected chi connectivity index (χ0v) is 8.54. The van der Waals surface area contributed by atoms with E-state index in [9.17, 15) is 4.79 Å². The summed E-state index contributed by atoms with van der Waals surface area (Å²) in [6.45, 7) is 1.87. The first kappa shape index (κ1) is 9.15. The van der Waals surface area contributed by atoms with Crippen molar-refractivity contribution in [3.05, 3.63) is 23.8 Å². The lowest BCUT2D eigenvalue weighted by atomic mass is 10.0. The molecule has 4 heteroatoms. The van der Waals surface area contributed by atoms with Gasteiger partial charge in [-0.2, -0.15) is 0 Å². The van der Waals surface area contributed by atoms with Crippen LogP contribution >= 0.6 is 11.3 Å². The first-order valence-electron chi connectivity index (χ1n) is 4.32. The number of fused-ring (bicyclic) bond motifs is 1. The van der Waals surface area contributed by atoms with E-state index in [0.717, 1.165) is 22.1 Å². The molecule has 0 radical (unpaired) electrons. The summed E-state index contributed by atoms with van der Waals surface area (Å²) in [5.41, 5.74) is 7.49. The molecule has 0 spiro atoms. The number of thiazole rings is 1. The molecule has 3 nitrogen and oxygen atoms in total. The highest BCUT2D eigenvalue weighted by atomic mass is 32.1. The van der Waals surface area contributed by atoms with Crippen LogP contribution in [0.25, 0.3) is 10.2 Å². The second kappa shape index (κ2) is 3.38. The van der Waals surface area contributed by atoms with E-state index >= 15 is 0 Å². The number of aldehydes is 1. The molecule has 0 saturated heterocycles. The van der Waals surface area contributed by atoms with Crippen LogP contribution in [-0.2, 0) is 4.79 Å². The van der Waals surface area contributed by atoms with E-state index in [0.29, 0.717) is 5.13 Å². The third-order valence-corrected chi connectivity index (χ3v) is 3.01. The SMILES string of the molecule is CC(C=O)c1ccc2nc(N)sc2c1. The minimum absolute atomic E-state index is 0.0669. The van der Waals surface area contributed by atoms with Crippen LogP contribution in [0, 0.1) is 0 Å². The number of carbonyl (C=O) groups is 1. The number of nitrogens with two attached hydrogens (primary N) is 1. The van der Waals surface area contributed by atoms with Gasteiger partial charge in [0.05, 0.1) is 10.2 Å². The maximum absolute atomic E-state index is 10.6. The van der Waals surface area contributed by atoms with Gasteiger partial charge in [-0.15, -0.1) is 0 Å². The first-order chi connectivity index (χ1) is 6.70. The molecule has 0 bridgehead atoms. The van der Waals surface area contributed by atoms with Crippen LogP contribution in [0.4, 0.5) is 5.13 Å². The van der Waals surface area contributed by atoms with Crippen molar-refractivity contribution in [2.75, 3.05) is 5.73 Å². The summed E-state index contributed by atoms with van der Waals surface area (Å²) in [4.78, 5) is 14.8. The van der Waals surface area contributed by atoms with Gasteiger partial charge < -0.3 is 10.5 Å². The summed E-state index contributed by atoms with van der Waals surface area (Å²) in [7, 11) is 0. The molecular weight excluding hydrogens is 196 g/mol. The Morgan fingerprint density at radius 2 is 2.36 bits per heavy atom. The monoisotopic (exact) mass is 206 g/mol. The van der Waals surface area contributed by atoms with Gasteiger partial charge in [0.15, 0.2) is 5.13 Å². The smallest absolute Gasteiger partial charge is 0.181 e. The summed E-state index contributed by atoms with van der Waals surface area (Å²) >= 11 is 1.44. The molecule has 1 heterocycles. The fraction of sp³-hybridized carbons (Fsp3) is 0.200. The number of nitrogen functional groups attached to an aromatic ring is 1. The Labute approximate surface area is 85.6 Å². The molecule has 72 valence electrons. The average molecular weight is 206 g/mol. The number of anilines is 1. The number of carbonyl (C=O) groups excluding carboxylic acids is 1. The predicted molar refractivity (Wildman–Crippen MR) is 58.5 cm³/mol. The van der Waals surface area contributed by atoms with Gasteiger partial charge in [0.25, 0.3) is 0 Å². The van der Waals surface area contributed by atoms with E-state index in [1.54, 1.807) is 0 Å². The van der Waals surface area contributed by atoms with Crippen molar-refractivity contribution in [1.29, 1.82) is 0 Å². The van der Waals surface area contributed by atoms with Gasteiger partial charge in [-0.3, -0.25) is 0 Å². The van der Waals surface area contributed by atoms with Crippen molar-refractivity contribution in [3.8, 4) is 0 Å². The standard InChI is InChI=1S/C10H10N2OS/c1-6(5-13)7-2-3-8-9(4-7)14-10(11)12-8/h2-6H,1H3,(H2,11,12). The highest BCUT2D eigenvalue weighted by Crippen LogP contribution is 2.26. The first-order valence-corrected chi connectivity index (χ1v) is 5.13. The Kier molecular flexibility index (Phi) is 2.21. The topological polar surface area (TPSA) is 56.0 Å². The van der Waals surface area contributed by atoms with Gasteiger partial charge in [-0.25, -0.2) is 4.98 Å². The Morgan fingerprint density at radius 1 is 1.57 bits per heavy atom. The third-order valence-electron chi connectivity index (χ3n) is 2.16. The van der Waals surface area contributed by atoms with Gasteiger partial charge in [-0.1, -0.05) is 24.3 Å². The van der Waals surface area contributed by atoms with Crippen LogP contribution in [0.3, 0.4) is 0 Å². The molecule has 2 N–H and O–H groups in total. The number of hydrogen-bond acceptors (Lipinski definition) is 4. The van der Waals surface area contributed by atoms with Crippen molar-refractivity contribution < 1.29 is 4.79 Å². The number of rotatable bonds is 2. The highest BCUT2D eigenvalue weighted by molar-refractivity contribution is 7.22. The molecule has 0 aliphatic rings. The van der Waals surface area contributed by atoms with Crippen molar-refractivity contribution in [2.45, 2.75) is 12.8 Å². The van der Waals surface area contributed by atoms with Crippen molar-refractivity contribution in [1.82, 2.24) is 4.98 Å². The van der Waals surface area contributed by atoms with Gasteiger partial charge in [0.1, 0.15) is 6.29 Å². The average Bonchev–Trinajstić information content (AvgIpc) is 2.55. The second-order valence-electron chi connectivity index (χ2n) is 3.20. The van der Waals surface area contributed by atoms with Crippen LogP contribution < -0.4 is 5.73 Å².